The molecule has 1 aromatic rings. The summed E-state index contributed by atoms with van der Waals surface area (Å²) in [6, 6.07) is 3.04. The van der Waals surface area contributed by atoms with E-state index in [1.807, 2.05) is 0 Å². The normalized spacial score (nSPS) is 16.3. The number of nitrogens with zero attached hydrogens (tertiary/aromatic N) is 2. The number of hydrogen-bond acceptors (Lipinski definition) is 5. The van der Waals surface area contributed by atoms with Gasteiger partial charge in [-0.3, -0.25) is 15.0 Å². The summed E-state index contributed by atoms with van der Waals surface area (Å²) >= 11 is 0. The molecule has 0 radical (unpaired) electrons. The molecule has 1 aliphatic rings. The number of piperazine rings is 1. The van der Waals surface area contributed by atoms with Crippen molar-refractivity contribution in [2.24, 2.45) is 0 Å². The first-order valence-corrected chi connectivity index (χ1v) is 7.15. The Balaban J connectivity index is 0.00000288. The molecule has 0 unspecified atom stereocenters. The van der Waals surface area contributed by atoms with E-state index in [4.69, 9.17) is 4.74 Å². The molecule has 1 fully saturated rings. The maximum atomic E-state index is 13.0. The van der Waals surface area contributed by atoms with Crippen molar-refractivity contribution in [1.82, 2.24) is 10.2 Å². The predicted molar refractivity (Wildman–Crippen MR) is 92.0 cm³/mol. The molecule has 0 bridgehead atoms. The van der Waals surface area contributed by atoms with Gasteiger partial charge in [0.25, 0.3) is 0 Å². The highest BCUT2D eigenvalue weighted by Gasteiger charge is 2.36. The van der Waals surface area contributed by atoms with Gasteiger partial charge in [-0.1, -0.05) is 6.07 Å². The van der Waals surface area contributed by atoms with E-state index in [2.05, 4.69) is 5.32 Å². The number of hydrogen-bond donors (Lipinski definition) is 1. The van der Waals surface area contributed by atoms with Gasteiger partial charge in [0.2, 0.25) is 0 Å². The average Bonchev–Trinajstić information content (AvgIpc) is 2.52. The van der Waals surface area contributed by atoms with Crippen LogP contribution in [0.3, 0.4) is 0 Å². The van der Waals surface area contributed by atoms with E-state index in [1.54, 1.807) is 4.90 Å². The van der Waals surface area contributed by atoms with E-state index in [1.165, 1.54) is 25.3 Å². The Labute approximate surface area is 155 Å². The zero-order chi connectivity index (χ0) is 17.0. The van der Waals surface area contributed by atoms with Gasteiger partial charge in [-0.05, 0) is 11.6 Å². The standard InChI is InChI=1S/C14H18F3N3O3.2ClH/c1-23-13-3-2-10(8-11(13)20(21)22)12(9-14(15,16)17)19-6-4-18-5-7-19;;/h2-3,8,12,18H,4-7,9H2,1H3;2*1H/t12-;;/m1../s1. The fourth-order valence-electron chi connectivity index (χ4n) is 2.73. The zero-order valence-corrected chi connectivity index (χ0v) is 15.0. The SMILES string of the molecule is COc1ccc([C@@H](CC(F)(F)F)N2CCNCC2)cc1[N+](=O)[O-].Cl.Cl. The number of nitrogens with one attached hydrogen (secondary N) is 1. The van der Waals surface area contributed by atoms with E-state index in [-0.39, 0.29) is 41.8 Å². The lowest BCUT2D eigenvalue weighted by atomic mass is 10.00. The second-order valence-corrected chi connectivity index (χ2v) is 5.31. The Hall–Kier alpha value is -1.29. The number of nitro groups is 1. The summed E-state index contributed by atoms with van der Waals surface area (Å²) in [6.07, 6.45) is -5.40. The van der Waals surface area contributed by atoms with Gasteiger partial charge in [-0.25, -0.2) is 0 Å². The quantitative estimate of drug-likeness (QED) is 0.600. The van der Waals surface area contributed by atoms with Crippen LogP contribution in [0.15, 0.2) is 18.2 Å². The third-order valence-electron chi connectivity index (χ3n) is 3.80. The Morgan fingerprint density at radius 3 is 2.40 bits per heavy atom. The molecule has 25 heavy (non-hydrogen) atoms. The van der Waals surface area contributed by atoms with Crippen LogP contribution in [0.5, 0.6) is 5.75 Å². The smallest absolute Gasteiger partial charge is 0.390 e. The summed E-state index contributed by atoms with van der Waals surface area (Å²) in [6.45, 7) is 2.10. The predicted octanol–water partition coefficient (Wildman–Crippen LogP) is 3.35. The molecular formula is C14H20Cl2F3N3O3. The highest BCUT2D eigenvalue weighted by atomic mass is 35.5. The molecule has 1 saturated heterocycles. The van der Waals surface area contributed by atoms with Crippen LogP contribution < -0.4 is 10.1 Å². The van der Waals surface area contributed by atoms with Crippen LogP contribution in [0, 0.1) is 10.1 Å². The highest BCUT2D eigenvalue weighted by Crippen LogP contribution is 2.37. The lowest BCUT2D eigenvalue weighted by molar-refractivity contribution is -0.385. The van der Waals surface area contributed by atoms with Gasteiger partial charge >= 0.3 is 11.9 Å². The first-order valence-electron chi connectivity index (χ1n) is 7.15. The van der Waals surface area contributed by atoms with Gasteiger partial charge in [0.05, 0.1) is 18.5 Å². The number of methoxy groups -OCH3 is 1. The summed E-state index contributed by atoms with van der Waals surface area (Å²) in [5.41, 5.74) is -0.0518. The molecule has 0 amide bonds. The molecule has 2 rings (SSSR count). The van der Waals surface area contributed by atoms with Crippen LogP contribution in [0.1, 0.15) is 18.0 Å². The monoisotopic (exact) mass is 405 g/mol. The lowest BCUT2D eigenvalue weighted by Gasteiger charge is -2.35. The molecule has 144 valence electrons. The minimum atomic E-state index is -4.36. The molecule has 0 spiro atoms. The van der Waals surface area contributed by atoms with E-state index in [0.717, 1.165) is 0 Å². The number of rotatable bonds is 5. The second kappa shape index (κ2) is 10.0. The van der Waals surface area contributed by atoms with Gasteiger partial charge in [-0.2, -0.15) is 13.2 Å². The van der Waals surface area contributed by atoms with Crippen molar-refractivity contribution in [3.63, 3.8) is 0 Å². The summed E-state index contributed by atoms with van der Waals surface area (Å²) < 4.78 is 43.8. The number of ether oxygens (including phenoxy) is 1. The maximum Gasteiger partial charge on any atom is 0.390 e. The molecule has 1 aliphatic heterocycles. The third kappa shape index (κ3) is 6.50. The van der Waals surface area contributed by atoms with Crippen molar-refractivity contribution in [3.8, 4) is 5.75 Å². The van der Waals surface area contributed by atoms with Crippen molar-refractivity contribution in [2.45, 2.75) is 18.6 Å². The topological polar surface area (TPSA) is 67.6 Å². The molecule has 1 aromatic carbocycles. The first kappa shape index (κ1) is 23.7. The van der Waals surface area contributed by atoms with Crippen LogP contribution in [-0.2, 0) is 0 Å². The summed E-state index contributed by atoms with van der Waals surface area (Å²) in [5.74, 6) is 0.0322. The van der Waals surface area contributed by atoms with Crippen molar-refractivity contribution in [2.75, 3.05) is 33.3 Å². The second-order valence-electron chi connectivity index (χ2n) is 5.31. The Bertz CT molecular complexity index is 570. The van der Waals surface area contributed by atoms with Gasteiger partial charge in [0.15, 0.2) is 5.75 Å². The van der Waals surface area contributed by atoms with Gasteiger partial charge < -0.3 is 10.1 Å². The minimum Gasteiger partial charge on any atom is -0.490 e. The molecule has 1 heterocycles. The molecule has 0 aliphatic carbocycles. The number of alkyl halides is 3. The summed E-state index contributed by atoms with van der Waals surface area (Å²) in [5, 5.41) is 14.2. The largest absolute Gasteiger partial charge is 0.490 e. The van der Waals surface area contributed by atoms with Crippen LogP contribution in [0.25, 0.3) is 0 Å². The van der Waals surface area contributed by atoms with Crippen LogP contribution in [0.2, 0.25) is 0 Å². The third-order valence-corrected chi connectivity index (χ3v) is 3.80. The Morgan fingerprint density at radius 1 is 1.32 bits per heavy atom. The Morgan fingerprint density at radius 2 is 1.92 bits per heavy atom. The fourth-order valence-corrected chi connectivity index (χ4v) is 2.73. The summed E-state index contributed by atoms with van der Waals surface area (Å²) in [4.78, 5) is 12.2. The fraction of sp³-hybridized carbons (Fsp3) is 0.571. The Kier molecular flexibility index (Phi) is 9.49. The highest BCUT2D eigenvalue weighted by molar-refractivity contribution is 5.85. The van der Waals surface area contributed by atoms with E-state index < -0.39 is 23.6 Å². The summed E-state index contributed by atoms with van der Waals surface area (Å²) in [7, 11) is 1.28. The van der Waals surface area contributed by atoms with E-state index in [0.29, 0.717) is 26.2 Å². The van der Waals surface area contributed by atoms with Crippen molar-refractivity contribution in [1.29, 1.82) is 0 Å². The van der Waals surface area contributed by atoms with Gasteiger partial charge in [0.1, 0.15) is 0 Å². The lowest BCUT2D eigenvalue weighted by Crippen LogP contribution is -2.46. The van der Waals surface area contributed by atoms with E-state index >= 15 is 0 Å². The number of halogens is 5. The zero-order valence-electron chi connectivity index (χ0n) is 13.4. The molecule has 1 atom stereocenters. The molecule has 11 heteroatoms. The van der Waals surface area contributed by atoms with Crippen molar-refractivity contribution < 1.29 is 22.8 Å². The minimum absolute atomic E-state index is 0. The average molecular weight is 406 g/mol. The molecule has 1 N–H and O–H groups in total. The maximum absolute atomic E-state index is 13.0. The van der Waals surface area contributed by atoms with Gasteiger partial charge in [-0.15, -0.1) is 24.8 Å². The molecule has 0 saturated carbocycles. The first-order chi connectivity index (χ1) is 10.8. The van der Waals surface area contributed by atoms with Crippen LogP contribution in [-0.4, -0.2) is 49.3 Å². The molecule has 6 nitrogen and oxygen atoms in total. The van der Waals surface area contributed by atoms with Crippen LogP contribution in [0.4, 0.5) is 18.9 Å². The van der Waals surface area contributed by atoms with E-state index in [9.17, 15) is 23.3 Å². The molecular weight excluding hydrogens is 386 g/mol. The number of nitro benzene ring substituents is 1. The van der Waals surface area contributed by atoms with Crippen molar-refractivity contribution >= 4 is 30.5 Å². The van der Waals surface area contributed by atoms with Crippen molar-refractivity contribution in [3.05, 3.63) is 33.9 Å². The number of benzene rings is 1. The molecule has 0 aromatic heterocycles. The van der Waals surface area contributed by atoms with Gasteiger partial charge in [0, 0.05) is 38.3 Å². The van der Waals surface area contributed by atoms with Crippen LogP contribution >= 0.6 is 24.8 Å².